The van der Waals surface area contributed by atoms with Gasteiger partial charge in [-0.3, -0.25) is 0 Å². The van der Waals surface area contributed by atoms with Crippen molar-refractivity contribution < 1.29 is 4.57 Å². The van der Waals surface area contributed by atoms with E-state index in [-0.39, 0.29) is 0 Å². The number of nitrogens with zero attached hydrogens (tertiary/aromatic N) is 2. The van der Waals surface area contributed by atoms with Crippen molar-refractivity contribution in [2.75, 3.05) is 11.9 Å². The van der Waals surface area contributed by atoms with E-state index in [1.165, 1.54) is 32.4 Å². The highest BCUT2D eigenvalue weighted by Crippen LogP contribution is 2.34. The molecule has 0 saturated heterocycles. The summed E-state index contributed by atoms with van der Waals surface area (Å²) < 4.78 is 2.29. The zero-order chi connectivity index (χ0) is 15.8. The number of hydrogen-bond donors (Lipinski definition) is 0. The third kappa shape index (κ3) is 2.47. The van der Waals surface area contributed by atoms with Gasteiger partial charge in [0.25, 0.3) is 5.01 Å². The summed E-state index contributed by atoms with van der Waals surface area (Å²) >= 11 is 1.85. The fraction of sp³-hybridized carbons (Fsp3) is 0.150. The predicted molar refractivity (Wildman–Crippen MR) is 100 cm³/mol. The summed E-state index contributed by atoms with van der Waals surface area (Å²) in [6.45, 7) is 0. The van der Waals surface area contributed by atoms with Crippen molar-refractivity contribution in [3.8, 4) is 0 Å². The van der Waals surface area contributed by atoms with E-state index in [0.717, 1.165) is 6.42 Å². The first-order valence-electron chi connectivity index (χ1n) is 7.82. The highest BCUT2D eigenvalue weighted by molar-refractivity contribution is 7.13. The fourth-order valence-corrected chi connectivity index (χ4v) is 4.16. The summed E-state index contributed by atoms with van der Waals surface area (Å²) in [5.41, 5.74) is 5.09. The molecule has 0 saturated carbocycles. The van der Waals surface area contributed by atoms with Gasteiger partial charge in [0, 0.05) is 36.7 Å². The molecule has 4 rings (SSSR count). The van der Waals surface area contributed by atoms with Crippen molar-refractivity contribution in [3.05, 3.63) is 69.8 Å². The van der Waals surface area contributed by atoms with Gasteiger partial charge in [-0.15, -0.1) is 0 Å². The molecule has 1 aromatic heterocycles. The van der Waals surface area contributed by atoms with E-state index in [4.69, 9.17) is 0 Å². The first-order valence-corrected chi connectivity index (χ1v) is 8.64. The second kappa shape index (κ2) is 5.67. The largest absolute Gasteiger partial charge is 0.351 e. The SMILES string of the molecule is CN1C=C/C(=C\c2sc3c([n+]2C)C=CCC=C3)c2ccccc21. The van der Waals surface area contributed by atoms with Crippen LogP contribution >= 0.6 is 11.3 Å². The molecule has 0 radical (unpaired) electrons. The van der Waals surface area contributed by atoms with Crippen LogP contribution in [-0.4, -0.2) is 7.05 Å². The minimum absolute atomic E-state index is 1.01. The van der Waals surface area contributed by atoms with E-state index in [1.807, 2.05) is 11.3 Å². The molecule has 1 aromatic carbocycles. The van der Waals surface area contributed by atoms with Gasteiger partial charge in [0.2, 0.25) is 5.69 Å². The van der Waals surface area contributed by atoms with E-state index in [9.17, 15) is 0 Å². The molecule has 0 atom stereocenters. The molecule has 2 nitrogen and oxygen atoms in total. The van der Waals surface area contributed by atoms with Crippen molar-refractivity contribution in [1.82, 2.24) is 0 Å². The van der Waals surface area contributed by atoms with Crippen molar-refractivity contribution >= 4 is 40.8 Å². The number of para-hydroxylation sites is 1. The molecule has 114 valence electrons. The number of aromatic nitrogens is 1. The van der Waals surface area contributed by atoms with Crippen molar-refractivity contribution in [1.29, 1.82) is 0 Å². The Morgan fingerprint density at radius 1 is 1.13 bits per heavy atom. The fourth-order valence-electron chi connectivity index (χ4n) is 3.04. The van der Waals surface area contributed by atoms with Gasteiger partial charge in [-0.05, 0) is 30.2 Å². The lowest BCUT2D eigenvalue weighted by atomic mass is 10.00. The Hall–Kier alpha value is -2.39. The van der Waals surface area contributed by atoms with Crippen LogP contribution in [-0.2, 0) is 7.05 Å². The number of allylic oxidation sites excluding steroid dienone is 4. The van der Waals surface area contributed by atoms with Crippen LogP contribution in [0.3, 0.4) is 0 Å². The van der Waals surface area contributed by atoms with Gasteiger partial charge in [-0.25, -0.2) is 0 Å². The minimum atomic E-state index is 1.01. The number of anilines is 1. The average Bonchev–Trinajstić information content (AvgIpc) is 2.75. The van der Waals surface area contributed by atoms with E-state index in [1.54, 1.807) is 0 Å². The number of rotatable bonds is 1. The smallest absolute Gasteiger partial charge is 0.263 e. The summed E-state index contributed by atoms with van der Waals surface area (Å²) in [6.07, 6.45) is 16.5. The standard InChI is InChI=1S/C20H19N2S/c1-21-13-12-15(16-8-6-7-9-17(16)21)14-20-22(2)18-10-4-3-5-11-19(18)23-20/h4-14H,3H2,1-2H3/q+1. The summed E-state index contributed by atoms with van der Waals surface area (Å²) in [5.74, 6) is 0. The second-order valence-corrected chi connectivity index (χ2v) is 6.89. The second-order valence-electron chi connectivity index (χ2n) is 5.83. The zero-order valence-electron chi connectivity index (χ0n) is 13.4. The molecule has 23 heavy (non-hydrogen) atoms. The van der Waals surface area contributed by atoms with Gasteiger partial charge in [-0.1, -0.05) is 41.7 Å². The topological polar surface area (TPSA) is 7.12 Å². The minimum Gasteiger partial charge on any atom is -0.351 e. The van der Waals surface area contributed by atoms with E-state index in [2.05, 4.69) is 90.5 Å². The van der Waals surface area contributed by atoms with Crippen LogP contribution in [0.25, 0.3) is 23.8 Å². The molecule has 1 aliphatic heterocycles. The van der Waals surface area contributed by atoms with Gasteiger partial charge >= 0.3 is 0 Å². The van der Waals surface area contributed by atoms with Crippen LogP contribution in [0.15, 0.2) is 48.7 Å². The number of thiazole rings is 1. The zero-order valence-corrected chi connectivity index (χ0v) is 14.2. The third-order valence-electron chi connectivity index (χ3n) is 4.33. The predicted octanol–water partition coefficient (Wildman–Crippen LogP) is 4.51. The Balaban J connectivity index is 1.83. The molecule has 2 aliphatic rings. The maximum Gasteiger partial charge on any atom is 0.263 e. The summed E-state index contributed by atoms with van der Waals surface area (Å²) in [6, 6.07) is 8.56. The lowest BCUT2D eigenvalue weighted by Crippen LogP contribution is -2.32. The molecule has 1 aliphatic carbocycles. The summed E-state index contributed by atoms with van der Waals surface area (Å²) in [7, 11) is 4.24. The molecular weight excluding hydrogens is 300 g/mol. The maximum atomic E-state index is 2.29. The Bertz CT molecular complexity index is 881. The third-order valence-corrected chi connectivity index (χ3v) is 5.49. The molecule has 2 aromatic rings. The van der Waals surface area contributed by atoms with E-state index < -0.39 is 0 Å². The number of hydrogen-bond acceptors (Lipinski definition) is 2. The molecule has 0 N–H and O–H groups in total. The van der Waals surface area contributed by atoms with Crippen LogP contribution in [0, 0.1) is 0 Å². The highest BCUT2D eigenvalue weighted by Gasteiger charge is 2.21. The monoisotopic (exact) mass is 319 g/mol. The Morgan fingerprint density at radius 2 is 1.96 bits per heavy atom. The van der Waals surface area contributed by atoms with Gasteiger partial charge in [0.15, 0.2) is 0 Å². The highest BCUT2D eigenvalue weighted by atomic mass is 32.1. The Morgan fingerprint density at radius 3 is 2.87 bits per heavy atom. The molecule has 0 bridgehead atoms. The van der Waals surface area contributed by atoms with Gasteiger partial charge in [0.05, 0.1) is 0 Å². The van der Waals surface area contributed by atoms with Crippen LogP contribution in [0.4, 0.5) is 5.69 Å². The maximum absolute atomic E-state index is 2.29. The Labute approximate surface area is 141 Å². The lowest BCUT2D eigenvalue weighted by Gasteiger charge is -2.23. The molecule has 0 spiro atoms. The van der Waals surface area contributed by atoms with E-state index >= 15 is 0 Å². The van der Waals surface area contributed by atoms with Crippen LogP contribution in [0.2, 0.25) is 0 Å². The number of fused-ring (bicyclic) bond motifs is 2. The van der Waals surface area contributed by atoms with Crippen LogP contribution in [0.5, 0.6) is 0 Å². The molecule has 2 heterocycles. The first kappa shape index (κ1) is 14.2. The lowest BCUT2D eigenvalue weighted by molar-refractivity contribution is -0.670. The van der Waals surface area contributed by atoms with Gasteiger partial charge in [-0.2, -0.15) is 4.57 Å². The van der Waals surface area contributed by atoms with Crippen molar-refractivity contribution in [2.45, 2.75) is 6.42 Å². The quantitative estimate of drug-likeness (QED) is 0.702. The normalized spacial score (nSPS) is 17.3. The molecule has 0 unspecified atom stereocenters. The average molecular weight is 319 g/mol. The van der Waals surface area contributed by atoms with Crippen molar-refractivity contribution in [2.24, 2.45) is 7.05 Å². The van der Waals surface area contributed by atoms with E-state index in [0.29, 0.717) is 0 Å². The first-order chi connectivity index (χ1) is 11.2. The van der Waals surface area contributed by atoms with Crippen molar-refractivity contribution in [3.63, 3.8) is 0 Å². The molecular formula is C20H19N2S+. The van der Waals surface area contributed by atoms with Gasteiger partial charge < -0.3 is 4.90 Å². The van der Waals surface area contributed by atoms with Crippen LogP contribution in [0.1, 0.15) is 27.6 Å². The molecule has 0 fully saturated rings. The van der Waals surface area contributed by atoms with Crippen LogP contribution < -0.4 is 9.47 Å². The molecule has 0 amide bonds. The summed E-state index contributed by atoms with van der Waals surface area (Å²) in [4.78, 5) is 3.50. The Kier molecular flexibility index (Phi) is 3.50. The number of benzene rings is 1. The molecule has 3 heteroatoms. The summed E-state index contributed by atoms with van der Waals surface area (Å²) in [5, 5.41) is 1.27. The van der Waals surface area contributed by atoms with Gasteiger partial charge in [0.1, 0.15) is 11.9 Å².